The van der Waals surface area contributed by atoms with Crippen LogP contribution in [0.5, 0.6) is 0 Å². The molecule has 118 valence electrons. The number of hydrogen-bond donors (Lipinski definition) is 1. The lowest BCUT2D eigenvalue weighted by Crippen LogP contribution is -2.14. The quantitative estimate of drug-likeness (QED) is 0.328. The summed E-state index contributed by atoms with van der Waals surface area (Å²) in [6.45, 7) is 6.08. The van der Waals surface area contributed by atoms with Crippen LogP contribution in [0.4, 0.5) is 0 Å². The number of carbonyl (C=O) groups excluding carboxylic acids is 1. The molecule has 0 fully saturated rings. The Kier molecular flexibility index (Phi) is 12.6. The molecule has 0 aromatic carbocycles. The topological polar surface area (TPSA) is 46.5 Å². The Morgan fingerprint density at radius 1 is 1.10 bits per heavy atom. The predicted molar refractivity (Wildman–Crippen MR) is 83.6 cm³/mol. The van der Waals surface area contributed by atoms with Crippen LogP contribution >= 0.6 is 0 Å². The van der Waals surface area contributed by atoms with Crippen molar-refractivity contribution in [2.75, 3.05) is 6.61 Å². The maximum absolute atomic E-state index is 11.4. The summed E-state index contributed by atoms with van der Waals surface area (Å²) in [5.74, 6) is -0.282. The third-order valence-corrected chi connectivity index (χ3v) is 3.58. The molecule has 0 amide bonds. The van der Waals surface area contributed by atoms with Crippen molar-refractivity contribution in [1.82, 2.24) is 0 Å². The van der Waals surface area contributed by atoms with Crippen LogP contribution < -0.4 is 0 Å². The van der Waals surface area contributed by atoms with Gasteiger partial charge in [-0.25, -0.2) is 4.79 Å². The van der Waals surface area contributed by atoms with Crippen LogP contribution in [0.1, 0.15) is 78.6 Å². The molecule has 0 spiro atoms. The van der Waals surface area contributed by atoms with Gasteiger partial charge in [-0.3, -0.25) is 0 Å². The predicted octanol–water partition coefficient (Wildman–Crippen LogP) is 4.39. The highest BCUT2D eigenvalue weighted by Gasteiger charge is 2.08. The monoisotopic (exact) mass is 284 g/mol. The summed E-state index contributed by atoms with van der Waals surface area (Å²) in [6.07, 6.45) is 11.5. The van der Waals surface area contributed by atoms with Gasteiger partial charge in [0.15, 0.2) is 0 Å². The van der Waals surface area contributed by atoms with E-state index < -0.39 is 0 Å². The number of ether oxygens (including phenoxy) is 1. The van der Waals surface area contributed by atoms with Gasteiger partial charge in [0.25, 0.3) is 0 Å². The molecule has 0 aliphatic heterocycles. The minimum atomic E-state index is -0.343. The molecule has 0 aliphatic rings. The molecule has 20 heavy (non-hydrogen) atoms. The van der Waals surface area contributed by atoms with Crippen molar-refractivity contribution in [3.05, 3.63) is 11.6 Å². The van der Waals surface area contributed by atoms with Crippen molar-refractivity contribution < 1.29 is 14.6 Å². The van der Waals surface area contributed by atoms with E-state index in [9.17, 15) is 9.90 Å². The van der Waals surface area contributed by atoms with Crippen molar-refractivity contribution in [2.45, 2.75) is 84.7 Å². The van der Waals surface area contributed by atoms with Gasteiger partial charge in [0.1, 0.15) is 0 Å². The molecule has 3 heteroatoms. The zero-order valence-corrected chi connectivity index (χ0v) is 13.5. The van der Waals surface area contributed by atoms with Crippen LogP contribution in [-0.4, -0.2) is 23.8 Å². The first-order chi connectivity index (χ1) is 9.61. The summed E-state index contributed by atoms with van der Waals surface area (Å²) >= 11 is 0. The highest BCUT2D eigenvalue weighted by atomic mass is 16.5. The van der Waals surface area contributed by atoms with E-state index in [-0.39, 0.29) is 12.1 Å². The van der Waals surface area contributed by atoms with Crippen LogP contribution in [0, 0.1) is 0 Å². The molecule has 0 radical (unpaired) electrons. The smallest absolute Gasteiger partial charge is 0.333 e. The molecule has 0 rings (SSSR count). The molecule has 0 aliphatic carbocycles. The fourth-order valence-corrected chi connectivity index (χ4v) is 2.00. The van der Waals surface area contributed by atoms with Gasteiger partial charge in [0, 0.05) is 12.0 Å². The van der Waals surface area contributed by atoms with Crippen LogP contribution in [0.15, 0.2) is 11.6 Å². The maximum atomic E-state index is 11.4. The third-order valence-electron chi connectivity index (χ3n) is 3.58. The molecule has 3 nitrogen and oxygen atoms in total. The number of carbonyl (C=O) groups is 1. The van der Waals surface area contributed by atoms with Crippen molar-refractivity contribution in [3.8, 4) is 0 Å². The van der Waals surface area contributed by atoms with E-state index in [0.717, 1.165) is 12.8 Å². The average molecular weight is 284 g/mol. The van der Waals surface area contributed by atoms with Crippen LogP contribution in [0.3, 0.4) is 0 Å². The zero-order valence-electron chi connectivity index (χ0n) is 13.5. The summed E-state index contributed by atoms with van der Waals surface area (Å²) in [6, 6.07) is 0. The van der Waals surface area contributed by atoms with Crippen molar-refractivity contribution >= 4 is 5.97 Å². The van der Waals surface area contributed by atoms with E-state index in [0.29, 0.717) is 18.6 Å². The number of allylic oxidation sites excluding steroid dienone is 1. The SMILES string of the molecule is CC=C(C)C(=O)OCCC(O)CCCCCCCCC. The summed E-state index contributed by atoms with van der Waals surface area (Å²) in [5, 5.41) is 9.79. The lowest BCUT2D eigenvalue weighted by Gasteiger charge is -2.11. The van der Waals surface area contributed by atoms with Crippen molar-refractivity contribution in [2.24, 2.45) is 0 Å². The molecule has 0 aromatic rings. The first-order valence-electron chi connectivity index (χ1n) is 8.09. The number of unbranched alkanes of at least 4 members (excludes halogenated alkanes) is 6. The van der Waals surface area contributed by atoms with E-state index >= 15 is 0 Å². The normalized spacial score (nSPS) is 13.3. The summed E-state index contributed by atoms with van der Waals surface area (Å²) < 4.78 is 5.07. The molecule has 0 bridgehead atoms. The van der Waals surface area contributed by atoms with Crippen molar-refractivity contribution in [1.29, 1.82) is 0 Å². The average Bonchev–Trinajstić information content (AvgIpc) is 2.45. The van der Waals surface area contributed by atoms with E-state index in [1.807, 2.05) is 6.92 Å². The van der Waals surface area contributed by atoms with Crippen LogP contribution in [-0.2, 0) is 9.53 Å². The molecular weight excluding hydrogens is 252 g/mol. The van der Waals surface area contributed by atoms with Crippen molar-refractivity contribution in [3.63, 3.8) is 0 Å². The van der Waals surface area contributed by atoms with Gasteiger partial charge >= 0.3 is 5.97 Å². The Balaban J connectivity index is 3.41. The summed E-state index contributed by atoms with van der Waals surface area (Å²) in [4.78, 5) is 11.4. The molecule has 0 saturated heterocycles. The fraction of sp³-hybridized carbons (Fsp3) is 0.824. The van der Waals surface area contributed by atoms with Gasteiger partial charge in [-0.15, -0.1) is 0 Å². The third kappa shape index (κ3) is 11.0. The zero-order chi connectivity index (χ0) is 15.2. The Bertz CT molecular complexity index is 271. The molecule has 0 saturated carbocycles. The summed E-state index contributed by atoms with van der Waals surface area (Å²) in [5.41, 5.74) is 0.617. The van der Waals surface area contributed by atoms with Crippen LogP contribution in [0.25, 0.3) is 0 Å². The summed E-state index contributed by atoms with van der Waals surface area (Å²) in [7, 11) is 0. The van der Waals surface area contributed by atoms with Gasteiger partial charge in [-0.1, -0.05) is 57.9 Å². The molecule has 1 atom stereocenters. The number of rotatable bonds is 12. The molecule has 1 unspecified atom stereocenters. The number of aliphatic hydroxyl groups is 1. The van der Waals surface area contributed by atoms with Gasteiger partial charge in [0.2, 0.25) is 0 Å². The fourth-order valence-electron chi connectivity index (χ4n) is 2.00. The van der Waals surface area contributed by atoms with Gasteiger partial charge in [-0.2, -0.15) is 0 Å². The number of hydrogen-bond acceptors (Lipinski definition) is 3. The van der Waals surface area contributed by atoms with Crippen LogP contribution in [0.2, 0.25) is 0 Å². The first-order valence-corrected chi connectivity index (χ1v) is 8.09. The Labute approximate surface area is 124 Å². The second kappa shape index (κ2) is 13.2. The first kappa shape index (κ1) is 19.2. The van der Waals surface area contributed by atoms with E-state index in [1.165, 1.54) is 38.5 Å². The second-order valence-corrected chi connectivity index (χ2v) is 5.46. The van der Waals surface area contributed by atoms with E-state index in [4.69, 9.17) is 4.74 Å². The lowest BCUT2D eigenvalue weighted by atomic mass is 10.1. The molecular formula is C17H32O3. The maximum Gasteiger partial charge on any atom is 0.333 e. The minimum absolute atomic E-state index is 0.282. The molecule has 0 aromatic heterocycles. The lowest BCUT2D eigenvalue weighted by molar-refractivity contribution is -0.139. The second-order valence-electron chi connectivity index (χ2n) is 5.46. The standard InChI is InChI=1S/C17H32O3/c1-4-6-7-8-9-10-11-12-16(18)13-14-20-17(19)15(3)5-2/h5,16,18H,4,6-14H2,1-3H3. The highest BCUT2D eigenvalue weighted by Crippen LogP contribution is 2.11. The minimum Gasteiger partial charge on any atom is -0.462 e. The van der Waals surface area contributed by atoms with E-state index in [1.54, 1.807) is 13.0 Å². The largest absolute Gasteiger partial charge is 0.462 e. The Hall–Kier alpha value is -0.830. The van der Waals surface area contributed by atoms with E-state index in [2.05, 4.69) is 6.92 Å². The molecule has 1 N–H and O–H groups in total. The Morgan fingerprint density at radius 3 is 2.30 bits per heavy atom. The number of aliphatic hydroxyl groups excluding tert-OH is 1. The van der Waals surface area contributed by atoms with Gasteiger partial charge < -0.3 is 9.84 Å². The Morgan fingerprint density at radius 2 is 1.70 bits per heavy atom. The van der Waals surface area contributed by atoms with Gasteiger partial charge in [-0.05, 0) is 20.3 Å². The highest BCUT2D eigenvalue weighted by molar-refractivity contribution is 5.87. The number of esters is 1. The molecule has 0 heterocycles. The van der Waals surface area contributed by atoms with Gasteiger partial charge in [0.05, 0.1) is 12.7 Å².